The zero-order valence-corrected chi connectivity index (χ0v) is 16.8. The minimum atomic E-state index is -2.87. The number of amides is 2. The lowest BCUT2D eigenvalue weighted by molar-refractivity contribution is -0.120. The Hall–Kier alpha value is -3.00. The number of carbonyl (C=O) groups is 2. The van der Waals surface area contributed by atoms with E-state index in [9.17, 15) is 18.4 Å². The number of benzene rings is 2. The minimum absolute atomic E-state index is 0.0259. The van der Waals surface area contributed by atoms with Crippen LogP contribution in [0, 0.1) is 0 Å². The number of halogens is 2. The Bertz CT molecular complexity index is 849. The van der Waals surface area contributed by atoms with Gasteiger partial charge in [-0.2, -0.15) is 8.78 Å². The van der Waals surface area contributed by atoms with Gasteiger partial charge in [0, 0.05) is 38.3 Å². The van der Waals surface area contributed by atoms with Crippen LogP contribution in [0.1, 0.15) is 21.5 Å². The molecule has 1 saturated heterocycles. The van der Waals surface area contributed by atoms with Crippen LogP contribution in [0.3, 0.4) is 0 Å². The molecule has 8 heteroatoms. The molecule has 1 aliphatic rings. The molecule has 1 N–H and O–H groups in total. The van der Waals surface area contributed by atoms with Gasteiger partial charge in [0.2, 0.25) is 5.91 Å². The summed E-state index contributed by atoms with van der Waals surface area (Å²) in [4.78, 5) is 28.7. The van der Waals surface area contributed by atoms with Gasteiger partial charge in [0.05, 0.1) is 6.42 Å². The Balaban J connectivity index is 1.46. The van der Waals surface area contributed by atoms with Crippen molar-refractivity contribution in [3.8, 4) is 5.75 Å². The van der Waals surface area contributed by atoms with E-state index in [1.807, 2.05) is 24.1 Å². The standard InChI is InChI=1S/C22H25F2N3O3/c1-26-10-12-27(13-11-26)21(29)18-6-2-17(3-7-18)15-25-20(28)14-16-4-8-19(9-5-16)30-22(23)24/h2-9,22H,10-15H2,1H3,(H,25,28). The van der Waals surface area contributed by atoms with Crippen LogP contribution in [0.15, 0.2) is 48.5 Å². The van der Waals surface area contributed by atoms with Gasteiger partial charge in [-0.05, 0) is 42.4 Å². The fraction of sp³-hybridized carbons (Fsp3) is 0.364. The van der Waals surface area contributed by atoms with Gasteiger partial charge in [0.25, 0.3) is 5.91 Å². The summed E-state index contributed by atoms with van der Waals surface area (Å²) in [5.41, 5.74) is 2.22. The molecule has 2 aromatic rings. The van der Waals surface area contributed by atoms with Crippen molar-refractivity contribution in [3.05, 3.63) is 65.2 Å². The van der Waals surface area contributed by atoms with Crippen molar-refractivity contribution < 1.29 is 23.1 Å². The van der Waals surface area contributed by atoms with Crippen molar-refractivity contribution in [1.82, 2.24) is 15.1 Å². The van der Waals surface area contributed by atoms with E-state index in [0.717, 1.165) is 31.7 Å². The number of likely N-dealkylation sites (N-methyl/N-ethyl adjacent to an activating group) is 1. The molecule has 30 heavy (non-hydrogen) atoms. The lowest BCUT2D eigenvalue weighted by Gasteiger charge is -2.32. The smallest absolute Gasteiger partial charge is 0.387 e. The molecule has 1 fully saturated rings. The van der Waals surface area contributed by atoms with Gasteiger partial charge in [-0.1, -0.05) is 24.3 Å². The lowest BCUT2D eigenvalue weighted by Crippen LogP contribution is -2.47. The largest absolute Gasteiger partial charge is 0.435 e. The van der Waals surface area contributed by atoms with E-state index in [1.165, 1.54) is 12.1 Å². The topological polar surface area (TPSA) is 61.9 Å². The summed E-state index contributed by atoms with van der Waals surface area (Å²) in [5.74, 6) is -0.103. The number of hydrogen-bond acceptors (Lipinski definition) is 4. The highest BCUT2D eigenvalue weighted by Gasteiger charge is 2.20. The molecule has 2 amide bonds. The summed E-state index contributed by atoms with van der Waals surface area (Å²) in [7, 11) is 2.04. The van der Waals surface area contributed by atoms with Crippen molar-refractivity contribution in [1.29, 1.82) is 0 Å². The van der Waals surface area contributed by atoms with E-state index in [2.05, 4.69) is 15.0 Å². The van der Waals surface area contributed by atoms with Crippen LogP contribution >= 0.6 is 0 Å². The van der Waals surface area contributed by atoms with E-state index in [0.29, 0.717) is 17.7 Å². The van der Waals surface area contributed by atoms with E-state index in [4.69, 9.17) is 0 Å². The maximum absolute atomic E-state index is 12.6. The monoisotopic (exact) mass is 417 g/mol. The minimum Gasteiger partial charge on any atom is -0.435 e. The van der Waals surface area contributed by atoms with Gasteiger partial charge in [-0.25, -0.2) is 0 Å². The zero-order chi connectivity index (χ0) is 21.5. The summed E-state index contributed by atoms with van der Waals surface area (Å²) in [6.07, 6.45) is 0.134. The van der Waals surface area contributed by atoms with E-state index in [1.54, 1.807) is 24.3 Å². The second-order valence-corrected chi connectivity index (χ2v) is 7.27. The number of hydrogen-bond donors (Lipinski definition) is 1. The molecule has 0 bridgehead atoms. The van der Waals surface area contributed by atoms with Crippen LogP contribution in [-0.4, -0.2) is 61.5 Å². The Labute approximate surface area is 174 Å². The third-order valence-electron chi connectivity index (χ3n) is 4.99. The maximum Gasteiger partial charge on any atom is 0.387 e. The van der Waals surface area contributed by atoms with Crippen LogP contribution in [0.2, 0.25) is 0 Å². The molecule has 3 rings (SSSR count). The molecule has 2 aromatic carbocycles. The van der Waals surface area contributed by atoms with Gasteiger partial charge < -0.3 is 19.9 Å². The predicted molar refractivity (Wildman–Crippen MR) is 108 cm³/mol. The van der Waals surface area contributed by atoms with Crippen molar-refractivity contribution >= 4 is 11.8 Å². The number of piperazine rings is 1. The predicted octanol–water partition coefficient (Wildman–Crippen LogP) is 2.53. The van der Waals surface area contributed by atoms with E-state index in [-0.39, 0.29) is 24.0 Å². The molecule has 0 atom stereocenters. The molecule has 1 aliphatic heterocycles. The maximum atomic E-state index is 12.6. The number of nitrogens with zero attached hydrogens (tertiary/aromatic N) is 2. The van der Waals surface area contributed by atoms with Gasteiger partial charge >= 0.3 is 6.61 Å². The summed E-state index contributed by atoms with van der Waals surface area (Å²) in [6, 6.07) is 13.2. The van der Waals surface area contributed by atoms with Gasteiger partial charge in [-0.15, -0.1) is 0 Å². The number of ether oxygens (including phenoxy) is 1. The van der Waals surface area contributed by atoms with Crippen LogP contribution in [0.25, 0.3) is 0 Å². The molecule has 6 nitrogen and oxygen atoms in total. The molecule has 0 saturated carbocycles. The summed E-state index contributed by atoms with van der Waals surface area (Å²) < 4.78 is 28.6. The quantitative estimate of drug-likeness (QED) is 0.752. The number of rotatable bonds is 7. The zero-order valence-electron chi connectivity index (χ0n) is 16.8. The summed E-state index contributed by atoms with van der Waals surface area (Å²) in [5, 5.41) is 2.82. The average Bonchev–Trinajstić information content (AvgIpc) is 2.74. The first-order valence-corrected chi connectivity index (χ1v) is 9.78. The Morgan fingerprint density at radius 3 is 2.17 bits per heavy atom. The second-order valence-electron chi connectivity index (χ2n) is 7.27. The molecule has 160 valence electrons. The number of carbonyl (C=O) groups excluding carboxylic acids is 2. The fourth-order valence-corrected chi connectivity index (χ4v) is 3.19. The van der Waals surface area contributed by atoms with Crippen LogP contribution in [0.5, 0.6) is 5.75 Å². The van der Waals surface area contributed by atoms with Crippen molar-refractivity contribution in [3.63, 3.8) is 0 Å². The van der Waals surface area contributed by atoms with Gasteiger partial charge in [0.1, 0.15) is 5.75 Å². The number of nitrogens with one attached hydrogen (secondary N) is 1. The molecule has 0 radical (unpaired) electrons. The van der Waals surface area contributed by atoms with Crippen LogP contribution < -0.4 is 10.1 Å². The molecule has 0 unspecified atom stereocenters. The first-order valence-electron chi connectivity index (χ1n) is 9.78. The Morgan fingerprint density at radius 2 is 1.57 bits per heavy atom. The first-order chi connectivity index (χ1) is 14.4. The SMILES string of the molecule is CN1CCN(C(=O)c2ccc(CNC(=O)Cc3ccc(OC(F)F)cc3)cc2)CC1. The van der Waals surface area contributed by atoms with Gasteiger partial charge in [0.15, 0.2) is 0 Å². The summed E-state index contributed by atoms with van der Waals surface area (Å²) in [6.45, 7) is 0.664. The van der Waals surface area contributed by atoms with Crippen LogP contribution in [-0.2, 0) is 17.8 Å². The normalized spacial score (nSPS) is 14.6. The third-order valence-corrected chi connectivity index (χ3v) is 4.99. The van der Waals surface area contributed by atoms with E-state index < -0.39 is 6.61 Å². The molecule has 1 heterocycles. The molecule has 0 aliphatic carbocycles. The average molecular weight is 417 g/mol. The molecular weight excluding hydrogens is 392 g/mol. The van der Waals surface area contributed by atoms with Gasteiger partial charge in [-0.3, -0.25) is 9.59 Å². The first kappa shape index (κ1) is 21.7. The number of alkyl halides is 2. The highest BCUT2D eigenvalue weighted by Crippen LogP contribution is 2.15. The van der Waals surface area contributed by atoms with E-state index >= 15 is 0 Å². The highest BCUT2D eigenvalue weighted by molar-refractivity contribution is 5.94. The second kappa shape index (κ2) is 10.2. The summed E-state index contributed by atoms with van der Waals surface area (Å²) >= 11 is 0. The van der Waals surface area contributed by atoms with Crippen molar-refractivity contribution in [2.24, 2.45) is 0 Å². The van der Waals surface area contributed by atoms with Crippen LogP contribution in [0.4, 0.5) is 8.78 Å². The Morgan fingerprint density at radius 1 is 0.967 bits per heavy atom. The van der Waals surface area contributed by atoms with Crippen molar-refractivity contribution in [2.45, 2.75) is 19.6 Å². The lowest BCUT2D eigenvalue weighted by atomic mass is 10.1. The fourth-order valence-electron chi connectivity index (χ4n) is 3.19. The molecule has 0 aromatic heterocycles. The molecule has 0 spiro atoms. The van der Waals surface area contributed by atoms with Crippen molar-refractivity contribution in [2.75, 3.05) is 33.2 Å². The molecular formula is C22H25F2N3O3. The Kier molecular flexibility index (Phi) is 7.35. The highest BCUT2D eigenvalue weighted by atomic mass is 19.3. The third kappa shape index (κ3) is 6.25.